The Balaban J connectivity index is 1.96. The number of nitrogens with zero attached hydrogens (tertiary/aromatic N) is 2. The highest BCUT2D eigenvalue weighted by Crippen LogP contribution is 2.33. The van der Waals surface area contributed by atoms with E-state index in [4.69, 9.17) is 9.47 Å². The molecule has 0 atom stereocenters. The predicted molar refractivity (Wildman–Crippen MR) is 91.6 cm³/mol. The second kappa shape index (κ2) is 8.54. The molecule has 24 heavy (non-hydrogen) atoms. The molecule has 1 heterocycles. The number of carbonyl (C=O) groups excluding carboxylic acids is 2. The topological polar surface area (TPSA) is 71.1 Å². The van der Waals surface area contributed by atoms with Crippen LogP contribution in [-0.2, 0) is 9.59 Å². The number of hydrogen-bond donors (Lipinski definition) is 1. The number of rotatable bonds is 7. The number of benzene rings is 1. The third-order valence-corrected chi connectivity index (χ3v) is 3.62. The van der Waals surface area contributed by atoms with E-state index in [1.54, 1.807) is 18.2 Å². The van der Waals surface area contributed by atoms with Gasteiger partial charge in [-0.2, -0.15) is 0 Å². The molecule has 0 saturated carbocycles. The lowest BCUT2D eigenvalue weighted by Gasteiger charge is -2.24. The maximum Gasteiger partial charge on any atom is 0.240 e. The van der Waals surface area contributed by atoms with E-state index in [1.165, 1.54) is 11.8 Å². The molecule has 0 unspecified atom stereocenters. The van der Waals surface area contributed by atoms with E-state index in [1.807, 2.05) is 14.1 Å². The third kappa shape index (κ3) is 5.13. The average molecular weight is 335 g/mol. The summed E-state index contributed by atoms with van der Waals surface area (Å²) in [7, 11) is 3.97. The summed E-state index contributed by atoms with van der Waals surface area (Å²) in [6, 6.07) is 5.25. The number of nitrogens with one attached hydrogen (secondary N) is 1. The lowest BCUT2D eigenvalue weighted by atomic mass is 10.2. The Bertz CT molecular complexity index is 589. The maximum atomic E-state index is 12.1. The van der Waals surface area contributed by atoms with Crippen LogP contribution in [0.25, 0.3) is 0 Å². The summed E-state index contributed by atoms with van der Waals surface area (Å²) in [6.45, 7) is 3.90. The quantitative estimate of drug-likeness (QED) is 0.749. The van der Waals surface area contributed by atoms with E-state index >= 15 is 0 Å². The molecule has 0 bridgehead atoms. The van der Waals surface area contributed by atoms with Gasteiger partial charge in [0.25, 0.3) is 0 Å². The highest BCUT2D eigenvalue weighted by atomic mass is 16.6. The molecule has 2 rings (SSSR count). The van der Waals surface area contributed by atoms with Gasteiger partial charge >= 0.3 is 0 Å². The summed E-state index contributed by atoms with van der Waals surface area (Å²) < 4.78 is 11.0. The minimum absolute atomic E-state index is 0.0169. The minimum Gasteiger partial charge on any atom is -0.486 e. The summed E-state index contributed by atoms with van der Waals surface area (Å²) in [6.07, 6.45) is 0.864. The summed E-state index contributed by atoms with van der Waals surface area (Å²) in [5, 5.41) is 2.84. The molecule has 0 aliphatic carbocycles. The van der Waals surface area contributed by atoms with Gasteiger partial charge in [-0.3, -0.25) is 9.59 Å². The third-order valence-electron chi connectivity index (χ3n) is 3.62. The second-order valence-electron chi connectivity index (χ2n) is 5.94. The molecule has 1 aliphatic rings. The van der Waals surface area contributed by atoms with Gasteiger partial charge < -0.3 is 24.6 Å². The molecule has 1 N–H and O–H groups in total. The van der Waals surface area contributed by atoms with E-state index in [0.717, 1.165) is 13.0 Å². The number of ether oxygens (including phenoxy) is 2. The highest BCUT2D eigenvalue weighted by Gasteiger charge is 2.19. The number of hydrogen-bond acceptors (Lipinski definition) is 5. The van der Waals surface area contributed by atoms with Crippen molar-refractivity contribution < 1.29 is 19.1 Å². The van der Waals surface area contributed by atoms with Gasteiger partial charge in [-0.1, -0.05) is 0 Å². The van der Waals surface area contributed by atoms with Crippen LogP contribution in [0, 0.1) is 0 Å². The van der Waals surface area contributed by atoms with Gasteiger partial charge in [-0.25, -0.2) is 0 Å². The Morgan fingerprint density at radius 1 is 1.17 bits per heavy atom. The largest absolute Gasteiger partial charge is 0.486 e. The van der Waals surface area contributed by atoms with Crippen LogP contribution < -0.4 is 19.7 Å². The van der Waals surface area contributed by atoms with E-state index < -0.39 is 0 Å². The summed E-state index contributed by atoms with van der Waals surface area (Å²) >= 11 is 0. The molecule has 7 heteroatoms. The van der Waals surface area contributed by atoms with Crippen molar-refractivity contribution in [3.8, 4) is 11.5 Å². The molecule has 2 amide bonds. The number of fused-ring (bicyclic) bond motifs is 1. The van der Waals surface area contributed by atoms with Gasteiger partial charge in [0, 0.05) is 25.2 Å². The first-order chi connectivity index (χ1) is 11.5. The number of amides is 2. The zero-order valence-corrected chi connectivity index (χ0v) is 14.5. The molecule has 1 aromatic carbocycles. The van der Waals surface area contributed by atoms with Crippen LogP contribution in [-0.4, -0.2) is 63.7 Å². The maximum absolute atomic E-state index is 12.1. The molecule has 0 saturated heterocycles. The van der Waals surface area contributed by atoms with Crippen LogP contribution in [0.2, 0.25) is 0 Å². The van der Waals surface area contributed by atoms with Gasteiger partial charge in [0.05, 0.1) is 0 Å². The van der Waals surface area contributed by atoms with E-state index in [2.05, 4.69) is 10.2 Å². The van der Waals surface area contributed by atoms with E-state index in [0.29, 0.717) is 36.9 Å². The molecule has 0 aromatic heterocycles. The number of anilines is 1. The standard InChI is InChI=1S/C17H25N3O4/c1-13(21)20(12-17(22)18-7-4-8-19(2)3)14-5-6-15-16(11-14)24-10-9-23-15/h5-6,11H,4,7-10,12H2,1-3H3,(H,18,22). The monoisotopic (exact) mass is 335 g/mol. The Hall–Kier alpha value is -2.28. The van der Waals surface area contributed by atoms with Crippen molar-refractivity contribution in [2.24, 2.45) is 0 Å². The summed E-state index contributed by atoms with van der Waals surface area (Å²) in [4.78, 5) is 27.5. The fourth-order valence-electron chi connectivity index (χ4n) is 2.41. The van der Waals surface area contributed by atoms with Crippen LogP contribution in [0.3, 0.4) is 0 Å². The van der Waals surface area contributed by atoms with Crippen LogP contribution >= 0.6 is 0 Å². The summed E-state index contributed by atoms with van der Waals surface area (Å²) in [5.41, 5.74) is 0.621. The van der Waals surface area contributed by atoms with Crippen molar-refractivity contribution in [3.63, 3.8) is 0 Å². The minimum atomic E-state index is -0.199. The van der Waals surface area contributed by atoms with Crippen molar-refractivity contribution in [2.45, 2.75) is 13.3 Å². The fraction of sp³-hybridized carbons (Fsp3) is 0.529. The molecular weight excluding hydrogens is 310 g/mol. The second-order valence-corrected chi connectivity index (χ2v) is 5.94. The molecule has 132 valence electrons. The molecule has 1 aromatic rings. The summed E-state index contributed by atoms with van der Waals surface area (Å²) in [5.74, 6) is 0.868. The fourth-order valence-corrected chi connectivity index (χ4v) is 2.41. The molecule has 1 aliphatic heterocycles. The van der Waals surface area contributed by atoms with Crippen molar-refractivity contribution in [2.75, 3.05) is 51.8 Å². The Labute approximate surface area is 142 Å². The molecule has 0 spiro atoms. The predicted octanol–water partition coefficient (Wildman–Crippen LogP) is 0.879. The van der Waals surface area contributed by atoms with Gasteiger partial charge in [0.1, 0.15) is 19.8 Å². The van der Waals surface area contributed by atoms with Crippen LogP contribution in [0.5, 0.6) is 11.5 Å². The van der Waals surface area contributed by atoms with Gasteiger partial charge in [-0.15, -0.1) is 0 Å². The van der Waals surface area contributed by atoms with Crippen molar-refractivity contribution in [1.29, 1.82) is 0 Å². The number of carbonyl (C=O) groups is 2. The highest BCUT2D eigenvalue weighted by molar-refractivity contribution is 5.97. The molecule has 0 radical (unpaired) electrons. The lowest BCUT2D eigenvalue weighted by molar-refractivity contribution is -0.123. The van der Waals surface area contributed by atoms with E-state index in [-0.39, 0.29) is 18.4 Å². The molecular formula is C17H25N3O4. The van der Waals surface area contributed by atoms with Crippen LogP contribution in [0.15, 0.2) is 18.2 Å². The zero-order chi connectivity index (χ0) is 17.5. The van der Waals surface area contributed by atoms with Gasteiger partial charge in [0.2, 0.25) is 11.8 Å². The first-order valence-corrected chi connectivity index (χ1v) is 8.06. The van der Waals surface area contributed by atoms with Crippen LogP contribution in [0.1, 0.15) is 13.3 Å². The normalized spacial score (nSPS) is 12.8. The zero-order valence-electron chi connectivity index (χ0n) is 14.5. The molecule has 7 nitrogen and oxygen atoms in total. The van der Waals surface area contributed by atoms with Gasteiger partial charge in [0.15, 0.2) is 11.5 Å². The SMILES string of the molecule is CC(=O)N(CC(=O)NCCCN(C)C)c1ccc2c(c1)OCCO2. The van der Waals surface area contributed by atoms with Crippen molar-refractivity contribution in [3.05, 3.63) is 18.2 Å². The first kappa shape index (κ1) is 18.1. The first-order valence-electron chi connectivity index (χ1n) is 8.06. The van der Waals surface area contributed by atoms with Crippen molar-refractivity contribution >= 4 is 17.5 Å². The Morgan fingerprint density at radius 3 is 2.54 bits per heavy atom. The average Bonchev–Trinajstić information content (AvgIpc) is 2.55. The van der Waals surface area contributed by atoms with Crippen molar-refractivity contribution in [1.82, 2.24) is 10.2 Å². The smallest absolute Gasteiger partial charge is 0.240 e. The lowest BCUT2D eigenvalue weighted by Crippen LogP contribution is -2.40. The van der Waals surface area contributed by atoms with E-state index in [9.17, 15) is 9.59 Å². The Kier molecular flexibility index (Phi) is 6.43. The Morgan fingerprint density at radius 2 is 1.88 bits per heavy atom. The molecule has 0 fully saturated rings. The van der Waals surface area contributed by atoms with Gasteiger partial charge in [-0.05, 0) is 39.2 Å². The van der Waals surface area contributed by atoms with Crippen LogP contribution in [0.4, 0.5) is 5.69 Å².